The molecule has 1 saturated heterocycles. The Morgan fingerprint density at radius 3 is 2.78 bits per heavy atom. The van der Waals surface area contributed by atoms with E-state index in [0.29, 0.717) is 34.4 Å². The van der Waals surface area contributed by atoms with E-state index >= 15 is 0 Å². The molecule has 3 nitrogen and oxygen atoms in total. The minimum absolute atomic E-state index is 0.0218. The number of aryl methyl sites for hydroxylation is 1. The molecular formula is C19H24ClNO2. The van der Waals surface area contributed by atoms with Gasteiger partial charge in [-0.2, -0.15) is 0 Å². The summed E-state index contributed by atoms with van der Waals surface area (Å²) in [5.74, 6) is 1.68. The number of carbonyl (C=O) groups is 1. The number of benzene rings is 1. The van der Waals surface area contributed by atoms with E-state index in [9.17, 15) is 4.79 Å². The second kappa shape index (κ2) is 6.10. The number of carbonyl (C=O) groups excluding carboxylic acids is 1. The summed E-state index contributed by atoms with van der Waals surface area (Å²) in [7, 11) is 0. The molecule has 1 heterocycles. The topological polar surface area (TPSA) is 38.3 Å². The summed E-state index contributed by atoms with van der Waals surface area (Å²) < 4.78 is 5.96. The molecule has 0 radical (unpaired) electrons. The molecule has 4 atom stereocenters. The summed E-state index contributed by atoms with van der Waals surface area (Å²) in [6.07, 6.45) is 6.66. The Morgan fingerprint density at radius 1 is 1.26 bits per heavy atom. The number of halogens is 1. The van der Waals surface area contributed by atoms with E-state index in [4.69, 9.17) is 16.3 Å². The van der Waals surface area contributed by atoms with Gasteiger partial charge in [-0.05, 0) is 30.9 Å². The van der Waals surface area contributed by atoms with E-state index in [0.717, 1.165) is 18.6 Å². The summed E-state index contributed by atoms with van der Waals surface area (Å²) in [6.45, 7) is 2.79. The molecule has 2 aliphatic carbocycles. The van der Waals surface area contributed by atoms with Crippen molar-refractivity contribution in [3.05, 3.63) is 34.3 Å². The highest BCUT2D eigenvalue weighted by molar-refractivity contribution is 6.34. The molecule has 0 unspecified atom stereocenters. The van der Waals surface area contributed by atoms with Crippen molar-refractivity contribution >= 4 is 17.5 Å². The first-order chi connectivity index (χ1) is 11.2. The van der Waals surface area contributed by atoms with Gasteiger partial charge in [0.1, 0.15) is 0 Å². The van der Waals surface area contributed by atoms with Crippen LogP contribution in [0.25, 0.3) is 0 Å². The van der Waals surface area contributed by atoms with E-state index in [2.05, 4.69) is 5.32 Å². The number of hydrogen-bond acceptors (Lipinski definition) is 2. The predicted molar refractivity (Wildman–Crippen MR) is 90.7 cm³/mol. The maximum absolute atomic E-state index is 12.8. The highest BCUT2D eigenvalue weighted by Gasteiger charge is 2.57. The van der Waals surface area contributed by atoms with Gasteiger partial charge in [-0.3, -0.25) is 4.79 Å². The van der Waals surface area contributed by atoms with Gasteiger partial charge in [0, 0.05) is 24.5 Å². The normalized spacial score (nSPS) is 33.3. The third-order valence-corrected chi connectivity index (χ3v) is 6.44. The lowest BCUT2D eigenvalue weighted by Gasteiger charge is -2.50. The zero-order valence-corrected chi connectivity index (χ0v) is 14.3. The second-order valence-corrected chi connectivity index (χ2v) is 7.75. The van der Waals surface area contributed by atoms with Gasteiger partial charge < -0.3 is 10.1 Å². The zero-order chi connectivity index (χ0) is 16.0. The van der Waals surface area contributed by atoms with E-state index in [1.807, 2.05) is 19.1 Å². The minimum Gasteiger partial charge on any atom is -0.377 e. The summed E-state index contributed by atoms with van der Waals surface area (Å²) in [6, 6.07) is 5.88. The Bertz CT molecular complexity index is 586. The fourth-order valence-electron chi connectivity index (χ4n) is 5.00. The summed E-state index contributed by atoms with van der Waals surface area (Å²) in [5, 5.41) is 3.85. The van der Waals surface area contributed by atoms with Crippen LogP contribution in [0.15, 0.2) is 18.2 Å². The van der Waals surface area contributed by atoms with E-state index in [-0.39, 0.29) is 11.9 Å². The second-order valence-electron chi connectivity index (χ2n) is 7.34. The fourth-order valence-corrected chi connectivity index (χ4v) is 5.31. The van der Waals surface area contributed by atoms with Gasteiger partial charge in [-0.15, -0.1) is 0 Å². The Labute approximate surface area is 142 Å². The number of nitrogens with one attached hydrogen (secondary N) is 1. The lowest BCUT2D eigenvalue weighted by molar-refractivity contribution is -0.0784. The SMILES string of the molecule is Cc1cccc(Cl)c1C(=O)N[C@H]1[C@@H]2CCO[C@@H]2[C@@H]1C1CCCC1. The van der Waals surface area contributed by atoms with E-state index in [1.165, 1.54) is 25.7 Å². The van der Waals surface area contributed by atoms with Crippen LogP contribution in [-0.4, -0.2) is 24.7 Å². The molecule has 0 bridgehead atoms. The van der Waals surface area contributed by atoms with Gasteiger partial charge >= 0.3 is 0 Å². The predicted octanol–water partition coefficient (Wildman–Crippen LogP) is 3.97. The van der Waals surface area contributed by atoms with Crippen LogP contribution in [0.3, 0.4) is 0 Å². The molecule has 3 aliphatic rings. The molecule has 4 rings (SSSR count). The van der Waals surface area contributed by atoms with Crippen LogP contribution in [0.5, 0.6) is 0 Å². The lowest BCUT2D eigenvalue weighted by atomic mass is 9.61. The van der Waals surface area contributed by atoms with Crippen LogP contribution in [0.1, 0.15) is 48.0 Å². The molecule has 1 N–H and O–H groups in total. The Hall–Kier alpha value is -1.06. The third kappa shape index (κ3) is 2.58. The van der Waals surface area contributed by atoms with Gasteiger partial charge in [0.15, 0.2) is 0 Å². The summed E-state index contributed by atoms with van der Waals surface area (Å²) in [4.78, 5) is 12.8. The Balaban J connectivity index is 1.53. The number of fused-ring (bicyclic) bond motifs is 1. The van der Waals surface area contributed by atoms with Crippen LogP contribution in [-0.2, 0) is 4.74 Å². The molecule has 1 aromatic rings. The van der Waals surface area contributed by atoms with Gasteiger partial charge in [0.2, 0.25) is 0 Å². The fraction of sp³-hybridized carbons (Fsp3) is 0.632. The van der Waals surface area contributed by atoms with Crippen LogP contribution in [0.4, 0.5) is 0 Å². The third-order valence-electron chi connectivity index (χ3n) is 6.13. The molecule has 4 heteroatoms. The first kappa shape index (κ1) is 15.5. The van der Waals surface area contributed by atoms with Crippen molar-refractivity contribution in [2.45, 2.75) is 51.2 Å². The van der Waals surface area contributed by atoms with Crippen LogP contribution in [0.2, 0.25) is 5.02 Å². The minimum atomic E-state index is -0.0218. The molecule has 1 aromatic carbocycles. The van der Waals surface area contributed by atoms with Crippen molar-refractivity contribution in [1.29, 1.82) is 0 Å². The molecule has 3 fully saturated rings. The zero-order valence-electron chi connectivity index (χ0n) is 13.6. The van der Waals surface area contributed by atoms with Crippen LogP contribution in [0, 0.1) is 24.7 Å². The number of rotatable bonds is 3. The van der Waals surface area contributed by atoms with Gasteiger partial charge in [0.25, 0.3) is 5.91 Å². The Kier molecular flexibility index (Phi) is 4.10. The molecule has 0 aromatic heterocycles. The largest absolute Gasteiger partial charge is 0.377 e. The van der Waals surface area contributed by atoms with Gasteiger partial charge in [-0.1, -0.05) is 49.4 Å². The highest BCUT2D eigenvalue weighted by Crippen LogP contribution is 2.51. The maximum atomic E-state index is 12.8. The van der Waals surface area contributed by atoms with Crippen molar-refractivity contribution in [2.24, 2.45) is 17.8 Å². The average molecular weight is 334 g/mol. The summed E-state index contributed by atoms with van der Waals surface area (Å²) >= 11 is 6.26. The molecule has 23 heavy (non-hydrogen) atoms. The molecule has 1 amide bonds. The number of ether oxygens (including phenoxy) is 1. The van der Waals surface area contributed by atoms with Crippen molar-refractivity contribution < 1.29 is 9.53 Å². The van der Waals surface area contributed by atoms with Crippen molar-refractivity contribution in [1.82, 2.24) is 5.32 Å². The standard InChI is InChI=1S/C19H24ClNO2/c1-11-5-4-8-14(20)15(11)19(22)21-17-13-9-10-23-18(13)16(17)12-6-2-3-7-12/h4-5,8,12-13,16-18H,2-3,6-7,9-10H2,1H3,(H,21,22)/t13-,16+,17-,18-/m0/s1. The van der Waals surface area contributed by atoms with Gasteiger partial charge in [-0.25, -0.2) is 0 Å². The molecule has 0 spiro atoms. The molecule has 2 saturated carbocycles. The maximum Gasteiger partial charge on any atom is 0.253 e. The highest BCUT2D eigenvalue weighted by atomic mass is 35.5. The molecule has 124 valence electrons. The molecule has 1 aliphatic heterocycles. The van der Waals surface area contributed by atoms with E-state index < -0.39 is 0 Å². The Morgan fingerprint density at radius 2 is 2.04 bits per heavy atom. The van der Waals surface area contributed by atoms with Crippen molar-refractivity contribution in [3.63, 3.8) is 0 Å². The van der Waals surface area contributed by atoms with E-state index in [1.54, 1.807) is 6.07 Å². The van der Waals surface area contributed by atoms with Crippen molar-refractivity contribution in [2.75, 3.05) is 6.61 Å². The van der Waals surface area contributed by atoms with Crippen LogP contribution < -0.4 is 5.32 Å². The van der Waals surface area contributed by atoms with Crippen molar-refractivity contribution in [3.8, 4) is 0 Å². The first-order valence-electron chi connectivity index (χ1n) is 8.84. The van der Waals surface area contributed by atoms with Gasteiger partial charge in [0.05, 0.1) is 16.7 Å². The first-order valence-corrected chi connectivity index (χ1v) is 9.22. The number of amides is 1. The smallest absolute Gasteiger partial charge is 0.253 e. The van der Waals surface area contributed by atoms with Crippen LogP contribution >= 0.6 is 11.6 Å². The number of hydrogen-bond donors (Lipinski definition) is 1. The monoisotopic (exact) mass is 333 g/mol. The molecular weight excluding hydrogens is 310 g/mol. The average Bonchev–Trinajstić information content (AvgIpc) is 3.16. The quantitative estimate of drug-likeness (QED) is 0.908. The lowest BCUT2D eigenvalue weighted by Crippen LogP contribution is -2.63. The summed E-state index contributed by atoms with van der Waals surface area (Å²) in [5.41, 5.74) is 1.56.